The third-order valence-electron chi connectivity index (χ3n) is 5.72. The molecule has 1 fully saturated rings. The molecule has 0 saturated carbocycles. The van der Waals surface area contributed by atoms with Crippen LogP contribution in [0.3, 0.4) is 0 Å². The smallest absolute Gasteiger partial charge is 0.381 e. The van der Waals surface area contributed by atoms with Crippen molar-refractivity contribution in [1.29, 1.82) is 0 Å². The van der Waals surface area contributed by atoms with Crippen LogP contribution in [0.25, 0.3) is 0 Å². The summed E-state index contributed by atoms with van der Waals surface area (Å²) < 4.78 is 48.2. The third-order valence-corrected chi connectivity index (χ3v) is 6.35. The number of ether oxygens (including phenoxy) is 1. The molecule has 0 spiro atoms. The number of hydrogen-bond donors (Lipinski definition) is 2. The quantitative estimate of drug-likeness (QED) is 0.425. The number of halogens is 3. The number of amides is 1. The number of aromatic nitrogens is 2. The molecule has 3 rings (SSSR count). The van der Waals surface area contributed by atoms with E-state index in [9.17, 15) is 18.0 Å². The van der Waals surface area contributed by atoms with E-state index >= 15 is 0 Å². The molecule has 1 aliphatic heterocycles. The zero-order chi connectivity index (χ0) is 25.6. The highest BCUT2D eigenvalue weighted by molar-refractivity contribution is 7.09. The van der Waals surface area contributed by atoms with Gasteiger partial charge in [-0.1, -0.05) is 26.8 Å². The lowest BCUT2D eigenvalue weighted by Gasteiger charge is -2.38. The van der Waals surface area contributed by atoms with Crippen molar-refractivity contribution in [2.75, 3.05) is 37.1 Å². The summed E-state index contributed by atoms with van der Waals surface area (Å²) in [4.78, 5) is 22.6. The van der Waals surface area contributed by atoms with E-state index in [1.807, 2.05) is 25.1 Å². The molecule has 2 aromatic rings. The first kappa shape index (κ1) is 27.2. The maximum atomic E-state index is 13.1. The monoisotopic (exact) mass is 515 g/mol. The van der Waals surface area contributed by atoms with Crippen molar-refractivity contribution in [2.24, 2.45) is 5.92 Å². The summed E-state index contributed by atoms with van der Waals surface area (Å²) in [5.74, 6) is -1.22. The van der Waals surface area contributed by atoms with Crippen LogP contribution >= 0.6 is 11.5 Å². The van der Waals surface area contributed by atoms with Gasteiger partial charge in [-0.15, -0.1) is 0 Å². The number of carbonyl (C=O) groups excluding carboxylic acids is 1. The van der Waals surface area contributed by atoms with Gasteiger partial charge in [0.25, 0.3) is 0 Å². The Hall–Kier alpha value is -2.44. The summed E-state index contributed by atoms with van der Waals surface area (Å²) in [5, 5.41) is 3.13. The van der Waals surface area contributed by atoms with Crippen LogP contribution in [0.5, 0.6) is 0 Å². The second kappa shape index (κ2) is 12.0. The first-order valence-corrected chi connectivity index (χ1v) is 12.3. The highest BCUT2D eigenvalue weighted by atomic mass is 32.1. The molecule has 8 nitrogen and oxygen atoms in total. The van der Waals surface area contributed by atoms with E-state index in [4.69, 9.17) is 9.57 Å². The average Bonchev–Trinajstić information content (AvgIpc) is 3.27. The number of hydrogen-bond acceptors (Lipinski definition) is 8. The topological polar surface area (TPSA) is 88.6 Å². The van der Waals surface area contributed by atoms with Gasteiger partial charge in [0, 0.05) is 43.8 Å². The minimum absolute atomic E-state index is 0.0528. The first-order chi connectivity index (χ1) is 16.6. The normalized spacial score (nSPS) is 15.8. The number of hydroxylamine groups is 1. The number of anilines is 3. The molecule has 0 unspecified atom stereocenters. The summed E-state index contributed by atoms with van der Waals surface area (Å²) in [6.45, 7) is 8.27. The predicted octanol–water partition coefficient (Wildman–Crippen LogP) is 5.11. The second-order valence-corrected chi connectivity index (χ2v) is 9.80. The molecule has 1 aromatic heterocycles. The summed E-state index contributed by atoms with van der Waals surface area (Å²) >= 11 is 0.661. The van der Waals surface area contributed by atoms with Gasteiger partial charge in [0.2, 0.25) is 16.9 Å². The number of rotatable bonds is 10. The van der Waals surface area contributed by atoms with Gasteiger partial charge in [0.1, 0.15) is 0 Å². The van der Waals surface area contributed by atoms with E-state index in [1.54, 1.807) is 0 Å². The first-order valence-electron chi connectivity index (χ1n) is 11.6. The minimum Gasteiger partial charge on any atom is -0.381 e. The van der Waals surface area contributed by atoms with E-state index in [0.717, 1.165) is 30.6 Å². The van der Waals surface area contributed by atoms with Gasteiger partial charge < -0.3 is 15.0 Å². The van der Waals surface area contributed by atoms with Gasteiger partial charge in [0.15, 0.2) is 0 Å². The van der Waals surface area contributed by atoms with Gasteiger partial charge in [-0.2, -0.15) is 22.5 Å². The SMILES string of the molecule is CONC(=O)C[C@@H](C)c1ccc(N(CC(C)C)C2CCOCC2)c(Nc2nc(C(F)(F)F)ns2)c1. The molecule has 2 N–H and O–H groups in total. The minimum atomic E-state index is -4.61. The standard InChI is InChI=1S/C23H32F3N5O3S/c1-14(2)13-31(17-7-9-34-10-8-17)19-6-5-16(15(3)11-20(32)29-33-4)12-18(19)27-22-28-21(30-35-22)23(24,25)26/h5-6,12,14-15,17H,7-11,13H2,1-4H3,(H,29,32)(H,27,28,30)/t15-/m1/s1. The van der Waals surface area contributed by atoms with Crippen molar-refractivity contribution in [1.82, 2.24) is 14.8 Å². The number of carbonyl (C=O) groups is 1. The summed E-state index contributed by atoms with van der Waals surface area (Å²) in [6, 6.07) is 6.04. The highest BCUT2D eigenvalue weighted by Crippen LogP contribution is 2.37. The molecule has 1 atom stereocenters. The molecule has 0 aliphatic carbocycles. The van der Waals surface area contributed by atoms with Crippen LogP contribution in [0.15, 0.2) is 18.2 Å². The molecule has 1 aliphatic rings. The molecule has 2 heterocycles. The van der Waals surface area contributed by atoms with E-state index in [2.05, 4.69) is 38.9 Å². The Morgan fingerprint density at radius 1 is 1.29 bits per heavy atom. The number of nitrogens with zero attached hydrogens (tertiary/aromatic N) is 3. The van der Waals surface area contributed by atoms with Crippen molar-refractivity contribution in [3.8, 4) is 0 Å². The molecular formula is C23H32F3N5O3S. The molecule has 1 saturated heterocycles. The Balaban J connectivity index is 1.98. The average molecular weight is 516 g/mol. The van der Waals surface area contributed by atoms with Crippen LogP contribution in [0.4, 0.5) is 29.7 Å². The zero-order valence-electron chi connectivity index (χ0n) is 20.3. The second-order valence-electron chi connectivity index (χ2n) is 9.05. The van der Waals surface area contributed by atoms with Gasteiger partial charge in [-0.25, -0.2) is 5.48 Å². The molecule has 1 aromatic carbocycles. The van der Waals surface area contributed by atoms with Crippen molar-refractivity contribution in [2.45, 2.75) is 58.2 Å². The van der Waals surface area contributed by atoms with Crippen LogP contribution < -0.4 is 15.7 Å². The molecule has 12 heteroatoms. The molecule has 194 valence electrons. The number of alkyl halides is 3. The van der Waals surface area contributed by atoms with Gasteiger partial charge >= 0.3 is 6.18 Å². The van der Waals surface area contributed by atoms with Crippen LogP contribution in [0, 0.1) is 5.92 Å². The van der Waals surface area contributed by atoms with Crippen molar-refractivity contribution < 1.29 is 27.5 Å². The molecular weight excluding hydrogens is 483 g/mol. The van der Waals surface area contributed by atoms with Gasteiger partial charge in [0.05, 0.1) is 18.5 Å². The number of benzene rings is 1. The molecule has 1 amide bonds. The highest BCUT2D eigenvalue weighted by Gasteiger charge is 2.36. The Bertz CT molecular complexity index is 980. The van der Waals surface area contributed by atoms with Crippen LogP contribution in [-0.2, 0) is 20.5 Å². The lowest BCUT2D eigenvalue weighted by Crippen LogP contribution is -2.42. The van der Waals surface area contributed by atoms with Crippen LogP contribution in [-0.4, -0.2) is 48.2 Å². The van der Waals surface area contributed by atoms with Crippen molar-refractivity contribution >= 4 is 33.9 Å². The largest absolute Gasteiger partial charge is 0.452 e. The van der Waals surface area contributed by atoms with Crippen LogP contribution in [0.2, 0.25) is 0 Å². The summed E-state index contributed by atoms with van der Waals surface area (Å²) in [7, 11) is 1.37. The maximum absolute atomic E-state index is 13.1. The van der Waals surface area contributed by atoms with Gasteiger partial charge in [-0.3, -0.25) is 9.63 Å². The van der Waals surface area contributed by atoms with Crippen molar-refractivity contribution in [3.63, 3.8) is 0 Å². The van der Waals surface area contributed by atoms with E-state index in [0.29, 0.717) is 36.4 Å². The van der Waals surface area contributed by atoms with Crippen molar-refractivity contribution in [3.05, 3.63) is 29.6 Å². The summed E-state index contributed by atoms with van der Waals surface area (Å²) in [6.07, 6.45) is -2.70. The van der Waals surface area contributed by atoms with Crippen LogP contribution in [0.1, 0.15) is 57.3 Å². The Kier molecular flexibility index (Phi) is 9.31. The molecule has 0 radical (unpaired) electrons. The zero-order valence-corrected chi connectivity index (χ0v) is 21.1. The fraction of sp³-hybridized carbons (Fsp3) is 0.609. The third kappa shape index (κ3) is 7.52. The lowest BCUT2D eigenvalue weighted by molar-refractivity contribution is -0.144. The lowest BCUT2D eigenvalue weighted by atomic mass is 9.95. The summed E-state index contributed by atoms with van der Waals surface area (Å²) in [5.41, 5.74) is 4.67. The van der Waals surface area contributed by atoms with E-state index < -0.39 is 12.0 Å². The van der Waals surface area contributed by atoms with E-state index in [-0.39, 0.29) is 29.4 Å². The maximum Gasteiger partial charge on any atom is 0.452 e. The number of nitrogens with one attached hydrogen (secondary N) is 2. The van der Waals surface area contributed by atoms with E-state index in [1.165, 1.54) is 7.11 Å². The Labute approximate surface area is 207 Å². The Morgan fingerprint density at radius 3 is 2.60 bits per heavy atom. The molecule has 35 heavy (non-hydrogen) atoms. The Morgan fingerprint density at radius 2 is 2.00 bits per heavy atom. The fourth-order valence-corrected chi connectivity index (χ4v) is 4.70. The predicted molar refractivity (Wildman–Crippen MR) is 129 cm³/mol. The van der Waals surface area contributed by atoms with Gasteiger partial charge in [-0.05, 0) is 42.4 Å². The fourth-order valence-electron chi connectivity index (χ4n) is 4.10. The molecule has 0 bridgehead atoms.